The predicted octanol–water partition coefficient (Wildman–Crippen LogP) is 1.66. The topological polar surface area (TPSA) is 67.4 Å². The summed E-state index contributed by atoms with van der Waals surface area (Å²) in [5, 5.41) is 13.4. The van der Waals surface area contributed by atoms with Gasteiger partial charge in [-0.15, -0.1) is 5.10 Å². The predicted molar refractivity (Wildman–Crippen MR) is 62.6 cm³/mol. The van der Waals surface area contributed by atoms with Crippen molar-refractivity contribution in [1.82, 2.24) is 19.7 Å². The summed E-state index contributed by atoms with van der Waals surface area (Å²) in [6.45, 7) is 4.01. The highest BCUT2D eigenvalue weighted by atomic mass is 15.4. The highest BCUT2D eigenvalue weighted by Gasteiger charge is 2.13. The number of hydrogen-bond donors (Lipinski definition) is 0. The lowest BCUT2D eigenvalue weighted by molar-refractivity contribution is 0.767. The minimum atomic E-state index is 0.509. The fraction of sp³-hybridized carbons (Fsp3) is 0.333. The summed E-state index contributed by atoms with van der Waals surface area (Å²) in [5.74, 6) is 2.16. The van der Waals surface area contributed by atoms with Crippen LogP contribution in [-0.4, -0.2) is 19.7 Å². The molecule has 0 fully saturated rings. The highest BCUT2D eigenvalue weighted by Crippen LogP contribution is 2.12. The zero-order valence-electron chi connectivity index (χ0n) is 9.88. The van der Waals surface area contributed by atoms with Gasteiger partial charge in [0.1, 0.15) is 11.9 Å². The number of aromatic nitrogens is 4. The van der Waals surface area contributed by atoms with Crippen molar-refractivity contribution in [1.29, 1.82) is 5.26 Å². The van der Waals surface area contributed by atoms with Crippen LogP contribution in [-0.2, 0) is 12.8 Å². The van der Waals surface area contributed by atoms with Gasteiger partial charge in [0, 0.05) is 19.0 Å². The number of nitrogens with zero attached hydrogens (tertiary/aromatic N) is 5. The van der Waals surface area contributed by atoms with Crippen LogP contribution in [0.4, 0.5) is 0 Å². The molecule has 0 bridgehead atoms. The molecule has 0 aliphatic rings. The maximum Gasteiger partial charge on any atom is 0.173 e. The summed E-state index contributed by atoms with van der Waals surface area (Å²) in [7, 11) is 0. The molecule has 2 rings (SSSR count). The van der Waals surface area contributed by atoms with Crippen molar-refractivity contribution in [2.75, 3.05) is 0 Å². The molecule has 0 amide bonds. The van der Waals surface area contributed by atoms with Crippen LogP contribution in [0.1, 0.15) is 31.1 Å². The van der Waals surface area contributed by atoms with E-state index in [4.69, 9.17) is 5.26 Å². The van der Waals surface area contributed by atoms with Crippen molar-refractivity contribution in [3.05, 3.63) is 35.5 Å². The second-order valence-corrected chi connectivity index (χ2v) is 3.55. The van der Waals surface area contributed by atoms with Crippen molar-refractivity contribution >= 4 is 0 Å². The lowest BCUT2D eigenvalue weighted by Gasteiger charge is -2.04. The van der Waals surface area contributed by atoms with Crippen LogP contribution in [0.25, 0.3) is 5.82 Å². The first-order valence-corrected chi connectivity index (χ1v) is 5.60. The van der Waals surface area contributed by atoms with Gasteiger partial charge in [0.05, 0.1) is 5.56 Å². The van der Waals surface area contributed by atoms with Gasteiger partial charge in [-0.3, -0.25) is 0 Å². The summed E-state index contributed by atoms with van der Waals surface area (Å²) in [6.07, 6.45) is 3.19. The molecular formula is C12H13N5. The molecule has 2 aromatic heterocycles. The number of pyridine rings is 1. The minimum absolute atomic E-state index is 0.509. The van der Waals surface area contributed by atoms with Crippen LogP contribution in [0.15, 0.2) is 18.3 Å². The van der Waals surface area contributed by atoms with Gasteiger partial charge in [0.2, 0.25) is 0 Å². The maximum atomic E-state index is 9.06. The van der Waals surface area contributed by atoms with Crippen LogP contribution < -0.4 is 0 Å². The average molecular weight is 227 g/mol. The highest BCUT2D eigenvalue weighted by molar-refractivity contribution is 5.42. The molecule has 0 spiro atoms. The molecule has 0 atom stereocenters. The van der Waals surface area contributed by atoms with E-state index in [9.17, 15) is 0 Å². The summed E-state index contributed by atoms with van der Waals surface area (Å²) >= 11 is 0. The van der Waals surface area contributed by atoms with E-state index in [1.807, 2.05) is 13.8 Å². The Morgan fingerprint density at radius 1 is 1.35 bits per heavy atom. The van der Waals surface area contributed by atoms with E-state index < -0.39 is 0 Å². The smallest absolute Gasteiger partial charge is 0.173 e. The first-order chi connectivity index (χ1) is 8.30. The molecule has 0 saturated heterocycles. The van der Waals surface area contributed by atoms with Gasteiger partial charge < -0.3 is 0 Å². The maximum absolute atomic E-state index is 9.06. The first kappa shape index (κ1) is 11.3. The normalized spacial score (nSPS) is 10.2. The number of hydrogen-bond acceptors (Lipinski definition) is 4. The molecule has 0 aliphatic heterocycles. The van der Waals surface area contributed by atoms with E-state index in [-0.39, 0.29) is 0 Å². The molecule has 2 aromatic rings. The van der Waals surface area contributed by atoms with E-state index in [2.05, 4.69) is 21.1 Å². The molecule has 0 unspecified atom stereocenters. The van der Waals surface area contributed by atoms with Crippen LogP contribution in [0.3, 0.4) is 0 Å². The van der Waals surface area contributed by atoms with Crippen LogP contribution in [0, 0.1) is 11.3 Å². The van der Waals surface area contributed by atoms with E-state index in [0.717, 1.165) is 24.5 Å². The molecule has 0 aliphatic carbocycles. The Morgan fingerprint density at radius 2 is 2.18 bits per heavy atom. The van der Waals surface area contributed by atoms with Gasteiger partial charge in [-0.25, -0.2) is 9.97 Å². The monoisotopic (exact) mass is 227 g/mol. The molecule has 0 radical (unpaired) electrons. The second kappa shape index (κ2) is 4.74. The molecule has 5 nitrogen and oxygen atoms in total. The van der Waals surface area contributed by atoms with Crippen LogP contribution in [0.5, 0.6) is 0 Å². The van der Waals surface area contributed by atoms with Crippen molar-refractivity contribution in [2.45, 2.75) is 26.7 Å². The molecule has 5 heteroatoms. The zero-order valence-corrected chi connectivity index (χ0v) is 9.88. The van der Waals surface area contributed by atoms with E-state index in [1.54, 1.807) is 23.0 Å². The van der Waals surface area contributed by atoms with Crippen LogP contribution >= 0.6 is 0 Å². The Labute approximate surface area is 99.8 Å². The van der Waals surface area contributed by atoms with Gasteiger partial charge in [0.15, 0.2) is 11.6 Å². The lowest BCUT2D eigenvalue weighted by atomic mass is 10.3. The Hall–Kier alpha value is -2.22. The van der Waals surface area contributed by atoms with Gasteiger partial charge in [0.25, 0.3) is 0 Å². The van der Waals surface area contributed by atoms with Crippen molar-refractivity contribution < 1.29 is 0 Å². The number of aryl methyl sites for hydroxylation is 2. The standard InChI is InChI=1S/C12H13N5/c1-3-10-15-11(4-2)17(16-10)12-9(8-13)6-5-7-14-12/h5-7H,3-4H2,1-2H3. The molecular weight excluding hydrogens is 214 g/mol. The summed E-state index contributed by atoms with van der Waals surface area (Å²) in [4.78, 5) is 8.62. The molecule has 0 N–H and O–H groups in total. The third-order valence-corrected chi connectivity index (χ3v) is 2.46. The summed E-state index contributed by atoms with van der Waals surface area (Å²) in [6, 6.07) is 5.59. The van der Waals surface area contributed by atoms with E-state index in [1.165, 1.54) is 0 Å². The fourth-order valence-electron chi connectivity index (χ4n) is 1.59. The Morgan fingerprint density at radius 3 is 2.82 bits per heavy atom. The third kappa shape index (κ3) is 2.02. The fourth-order valence-corrected chi connectivity index (χ4v) is 1.59. The Bertz CT molecular complexity index is 565. The molecule has 0 aromatic carbocycles. The summed E-state index contributed by atoms with van der Waals surface area (Å²) < 4.78 is 1.66. The molecule has 0 saturated carbocycles. The molecule has 2 heterocycles. The quantitative estimate of drug-likeness (QED) is 0.799. The van der Waals surface area contributed by atoms with Crippen molar-refractivity contribution in [3.63, 3.8) is 0 Å². The van der Waals surface area contributed by atoms with Crippen LogP contribution in [0.2, 0.25) is 0 Å². The Kier molecular flexibility index (Phi) is 3.15. The SMILES string of the molecule is CCc1nc(CC)n(-c2ncccc2C#N)n1. The van der Waals surface area contributed by atoms with E-state index >= 15 is 0 Å². The number of rotatable bonds is 3. The van der Waals surface area contributed by atoms with Crippen molar-refractivity contribution in [2.24, 2.45) is 0 Å². The number of nitriles is 1. The minimum Gasteiger partial charge on any atom is -0.236 e. The molecule has 17 heavy (non-hydrogen) atoms. The lowest BCUT2D eigenvalue weighted by Crippen LogP contribution is -2.06. The van der Waals surface area contributed by atoms with Crippen molar-refractivity contribution in [3.8, 4) is 11.9 Å². The van der Waals surface area contributed by atoms with E-state index in [0.29, 0.717) is 11.4 Å². The van der Waals surface area contributed by atoms with Gasteiger partial charge >= 0.3 is 0 Å². The van der Waals surface area contributed by atoms with Gasteiger partial charge in [-0.2, -0.15) is 9.94 Å². The third-order valence-electron chi connectivity index (χ3n) is 2.46. The Balaban J connectivity index is 2.60. The summed E-state index contributed by atoms with van der Waals surface area (Å²) in [5.41, 5.74) is 0.509. The largest absolute Gasteiger partial charge is 0.236 e. The second-order valence-electron chi connectivity index (χ2n) is 3.55. The average Bonchev–Trinajstić information content (AvgIpc) is 2.81. The zero-order chi connectivity index (χ0) is 12.3. The van der Waals surface area contributed by atoms with Gasteiger partial charge in [-0.1, -0.05) is 13.8 Å². The van der Waals surface area contributed by atoms with Gasteiger partial charge in [-0.05, 0) is 12.1 Å². The molecule has 86 valence electrons. The first-order valence-electron chi connectivity index (χ1n) is 5.60.